The van der Waals surface area contributed by atoms with E-state index >= 15 is 0 Å². The van der Waals surface area contributed by atoms with Gasteiger partial charge in [-0.2, -0.15) is 10.2 Å². The molecule has 4 aromatic rings. The van der Waals surface area contributed by atoms with E-state index < -0.39 is 0 Å². The first-order valence-corrected chi connectivity index (χ1v) is 10.9. The van der Waals surface area contributed by atoms with E-state index in [4.69, 9.17) is 28.5 Å². The lowest BCUT2D eigenvalue weighted by Gasteiger charge is -2.16. The highest BCUT2D eigenvalue weighted by Crippen LogP contribution is 2.28. The number of anilines is 4. The summed E-state index contributed by atoms with van der Waals surface area (Å²) in [6.07, 6.45) is 1.69. The average Bonchev–Trinajstić information content (AvgIpc) is 3.03. The highest BCUT2D eigenvalue weighted by molar-refractivity contribution is 6.40. The molecule has 0 spiro atoms. The number of aromatic nitrogens is 4. The summed E-state index contributed by atoms with van der Waals surface area (Å²) >= 11 is 12.3. The van der Waals surface area contributed by atoms with Crippen LogP contribution in [-0.2, 0) is 6.54 Å². The van der Waals surface area contributed by atoms with Crippen molar-refractivity contribution in [3.05, 3.63) is 87.0 Å². The monoisotopic (exact) mass is 477 g/mol. The van der Waals surface area contributed by atoms with Crippen LogP contribution < -0.4 is 10.6 Å². The van der Waals surface area contributed by atoms with Gasteiger partial charge in [-0.3, -0.25) is 0 Å². The SMILES string of the molecule is Cc1cc(Cn2c(C)nc(Cl)c2Cl)cc(C)c1Nc1ccnc(Nc2ccc(C#N)cc2)n1. The van der Waals surface area contributed by atoms with Crippen molar-refractivity contribution in [2.24, 2.45) is 0 Å². The second-order valence-electron chi connectivity index (χ2n) is 7.64. The van der Waals surface area contributed by atoms with Crippen LogP contribution in [-0.4, -0.2) is 19.5 Å². The molecule has 0 aliphatic rings. The van der Waals surface area contributed by atoms with Gasteiger partial charge in [0.1, 0.15) is 16.8 Å². The Hall–Kier alpha value is -3.60. The van der Waals surface area contributed by atoms with Gasteiger partial charge < -0.3 is 15.2 Å². The van der Waals surface area contributed by atoms with Gasteiger partial charge >= 0.3 is 0 Å². The molecule has 2 aromatic carbocycles. The summed E-state index contributed by atoms with van der Waals surface area (Å²) in [5.74, 6) is 1.89. The minimum Gasteiger partial charge on any atom is -0.340 e. The molecule has 166 valence electrons. The third-order valence-corrected chi connectivity index (χ3v) is 5.91. The number of aryl methyl sites for hydroxylation is 3. The molecule has 0 saturated carbocycles. The summed E-state index contributed by atoms with van der Waals surface area (Å²) in [6.45, 7) is 6.56. The van der Waals surface area contributed by atoms with Crippen LogP contribution in [0.5, 0.6) is 0 Å². The summed E-state index contributed by atoms with van der Waals surface area (Å²) in [6, 6.07) is 15.2. The Kier molecular flexibility index (Phi) is 6.50. The van der Waals surface area contributed by atoms with E-state index in [0.717, 1.165) is 33.9 Å². The highest BCUT2D eigenvalue weighted by atomic mass is 35.5. The molecule has 2 aromatic heterocycles. The summed E-state index contributed by atoms with van der Waals surface area (Å²) in [7, 11) is 0. The minimum atomic E-state index is 0.315. The third-order valence-electron chi connectivity index (χ3n) is 5.17. The molecular formula is C24H21Cl2N7. The maximum atomic E-state index is 8.94. The van der Waals surface area contributed by atoms with Crippen molar-refractivity contribution in [1.29, 1.82) is 5.26 Å². The third kappa shape index (κ3) is 5.08. The summed E-state index contributed by atoms with van der Waals surface area (Å²) in [5.41, 5.74) is 5.63. The Balaban J connectivity index is 1.53. The number of nitriles is 1. The number of hydrogen-bond acceptors (Lipinski definition) is 6. The molecule has 2 N–H and O–H groups in total. The van der Waals surface area contributed by atoms with Crippen LogP contribution in [0.3, 0.4) is 0 Å². The standard InChI is InChI=1S/C24H21Cl2N7/c1-14-10-18(13-33-16(3)29-22(25)23(33)26)11-15(2)21(14)31-20-8-9-28-24(32-20)30-19-6-4-17(12-27)5-7-19/h4-11H,13H2,1-3H3,(H2,28,30,31,32). The van der Waals surface area contributed by atoms with E-state index in [1.54, 1.807) is 18.3 Å². The number of benzene rings is 2. The van der Waals surface area contributed by atoms with Crippen LogP contribution in [0.25, 0.3) is 0 Å². The maximum absolute atomic E-state index is 8.94. The van der Waals surface area contributed by atoms with E-state index in [1.165, 1.54) is 0 Å². The molecule has 0 amide bonds. The van der Waals surface area contributed by atoms with Gasteiger partial charge in [-0.15, -0.1) is 0 Å². The van der Waals surface area contributed by atoms with Crippen molar-refractivity contribution >= 4 is 46.3 Å². The van der Waals surface area contributed by atoms with Gasteiger partial charge in [0.25, 0.3) is 0 Å². The Morgan fingerprint density at radius 3 is 2.27 bits per heavy atom. The zero-order chi connectivity index (χ0) is 23.5. The van der Waals surface area contributed by atoms with Gasteiger partial charge in [0.15, 0.2) is 5.15 Å². The lowest BCUT2D eigenvalue weighted by atomic mass is 10.0. The lowest BCUT2D eigenvalue weighted by molar-refractivity contribution is 0.761. The second kappa shape index (κ2) is 9.49. The molecule has 0 aliphatic heterocycles. The first-order valence-electron chi connectivity index (χ1n) is 10.2. The predicted molar refractivity (Wildman–Crippen MR) is 132 cm³/mol. The van der Waals surface area contributed by atoms with E-state index in [9.17, 15) is 0 Å². The van der Waals surface area contributed by atoms with Gasteiger partial charge in [-0.25, -0.2) is 9.97 Å². The number of nitrogens with one attached hydrogen (secondary N) is 2. The molecule has 7 nitrogen and oxygen atoms in total. The molecule has 0 saturated heterocycles. The van der Waals surface area contributed by atoms with Crippen molar-refractivity contribution in [2.75, 3.05) is 10.6 Å². The minimum absolute atomic E-state index is 0.315. The van der Waals surface area contributed by atoms with E-state index in [1.807, 2.05) is 43.5 Å². The Morgan fingerprint density at radius 1 is 0.970 bits per heavy atom. The molecule has 9 heteroatoms. The van der Waals surface area contributed by atoms with Crippen LogP contribution in [0, 0.1) is 32.1 Å². The molecule has 33 heavy (non-hydrogen) atoms. The fraction of sp³-hybridized carbons (Fsp3) is 0.167. The molecule has 0 atom stereocenters. The molecule has 0 bridgehead atoms. The summed E-state index contributed by atoms with van der Waals surface area (Å²) in [5, 5.41) is 16.3. The zero-order valence-electron chi connectivity index (χ0n) is 18.3. The zero-order valence-corrected chi connectivity index (χ0v) is 19.8. The first kappa shape index (κ1) is 22.6. The van der Waals surface area contributed by atoms with Gasteiger partial charge in [0.05, 0.1) is 18.2 Å². The molecule has 0 unspecified atom stereocenters. The summed E-state index contributed by atoms with van der Waals surface area (Å²) < 4.78 is 1.89. The molecule has 0 fully saturated rings. The smallest absolute Gasteiger partial charge is 0.229 e. The van der Waals surface area contributed by atoms with Crippen molar-refractivity contribution in [2.45, 2.75) is 27.3 Å². The Morgan fingerprint density at radius 2 is 1.67 bits per heavy atom. The van der Waals surface area contributed by atoms with Gasteiger partial charge in [0, 0.05) is 17.6 Å². The number of rotatable bonds is 6. The number of hydrogen-bond donors (Lipinski definition) is 2. The van der Waals surface area contributed by atoms with Gasteiger partial charge in [-0.1, -0.05) is 35.3 Å². The van der Waals surface area contributed by atoms with E-state index in [2.05, 4.69) is 43.8 Å². The molecule has 0 radical (unpaired) electrons. The number of nitrogens with zero attached hydrogens (tertiary/aromatic N) is 5. The van der Waals surface area contributed by atoms with Crippen molar-refractivity contribution in [3.8, 4) is 6.07 Å². The maximum Gasteiger partial charge on any atom is 0.229 e. The Bertz CT molecular complexity index is 1330. The quantitative estimate of drug-likeness (QED) is 0.337. The topological polar surface area (TPSA) is 91.5 Å². The first-order chi connectivity index (χ1) is 15.8. The molecule has 0 aliphatic carbocycles. The normalized spacial score (nSPS) is 10.7. The summed E-state index contributed by atoms with van der Waals surface area (Å²) in [4.78, 5) is 13.1. The van der Waals surface area contributed by atoms with Crippen LogP contribution >= 0.6 is 23.2 Å². The Labute approximate surface area is 202 Å². The van der Waals surface area contributed by atoms with E-state index in [0.29, 0.717) is 34.2 Å². The van der Waals surface area contributed by atoms with Crippen LogP contribution in [0.1, 0.15) is 28.1 Å². The number of imidazole rings is 1. The fourth-order valence-corrected chi connectivity index (χ4v) is 4.03. The van der Waals surface area contributed by atoms with Crippen molar-refractivity contribution < 1.29 is 0 Å². The second-order valence-corrected chi connectivity index (χ2v) is 8.35. The molecule has 4 rings (SSSR count). The van der Waals surface area contributed by atoms with Crippen LogP contribution in [0.2, 0.25) is 10.3 Å². The molecule has 2 heterocycles. The van der Waals surface area contributed by atoms with Crippen molar-refractivity contribution in [1.82, 2.24) is 19.5 Å². The fourth-order valence-electron chi connectivity index (χ4n) is 3.58. The highest BCUT2D eigenvalue weighted by Gasteiger charge is 2.13. The number of halogens is 2. The molecular weight excluding hydrogens is 457 g/mol. The lowest BCUT2D eigenvalue weighted by Crippen LogP contribution is -2.05. The van der Waals surface area contributed by atoms with Gasteiger partial charge in [-0.05, 0) is 67.8 Å². The van der Waals surface area contributed by atoms with E-state index in [-0.39, 0.29) is 0 Å². The van der Waals surface area contributed by atoms with Crippen LogP contribution in [0.4, 0.5) is 23.1 Å². The average molecular weight is 478 g/mol. The predicted octanol–water partition coefficient (Wildman–Crippen LogP) is 6.31. The van der Waals surface area contributed by atoms with Gasteiger partial charge in [0.2, 0.25) is 5.95 Å². The largest absolute Gasteiger partial charge is 0.340 e. The van der Waals surface area contributed by atoms with Crippen LogP contribution in [0.15, 0.2) is 48.7 Å². The van der Waals surface area contributed by atoms with Crippen molar-refractivity contribution in [3.63, 3.8) is 0 Å².